The van der Waals surface area contributed by atoms with Crippen molar-refractivity contribution in [3.63, 3.8) is 0 Å². The van der Waals surface area contributed by atoms with Crippen molar-refractivity contribution in [1.82, 2.24) is 10.2 Å². The second-order valence-electron chi connectivity index (χ2n) is 8.67. The molecule has 2 N–H and O–H groups in total. The summed E-state index contributed by atoms with van der Waals surface area (Å²) in [5.74, 6) is 0. The summed E-state index contributed by atoms with van der Waals surface area (Å²) in [5.41, 5.74) is -3.36. The molecule has 0 amide bonds. The van der Waals surface area contributed by atoms with Crippen LogP contribution in [0.15, 0.2) is 18.2 Å². The van der Waals surface area contributed by atoms with Crippen LogP contribution in [0.2, 0.25) is 0 Å². The lowest BCUT2D eigenvalue weighted by atomic mass is 9.86. The molecule has 0 unspecified atom stereocenters. The summed E-state index contributed by atoms with van der Waals surface area (Å²) < 4.78 is 78.3. The fraction of sp³-hybridized carbons (Fsp3) is 0.650. The average molecular weight is 456 g/mol. The van der Waals surface area contributed by atoms with E-state index in [1.165, 1.54) is 6.42 Å². The van der Waals surface area contributed by atoms with Crippen LogP contribution in [0.1, 0.15) is 51.2 Å². The topological polar surface area (TPSA) is 27.3 Å². The van der Waals surface area contributed by atoms with Crippen LogP contribution in [0.5, 0.6) is 0 Å². The molecule has 1 aliphatic rings. The van der Waals surface area contributed by atoms with Gasteiger partial charge in [-0.25, -0.2) is 0 Å². The molecule has 0 saturated carbocycles. The smallest absolute Gasteiger partial charge is 0.358 e. The highest BCUT2D eigenvalue weighted by atomic mass is 32.1. The summed E-state index contributed by atoms with van der Waals surface area (Å²) in [4.78, 5) is 2.29. The lowest BCUT2D eigenvalue weighted by Gasteiger charge is -2.38. The van der Waals surface area contributed by atoms with Gasteiger partial charge in [0.15, 0.2) is 5.11 Å². The van der Waals surface area contributed by atoms with Gasteiger partial charge in [0.25, 0.3) is 0 Å². The number of nitrogens with zero attached hydrogens (tertiary/aromatic N) is 1. The molecule has 0 aromatic heterocycles. The molecule has 1 atom stereocenters. The maximum Gasteiger partial charge on any atom is 0.416 e. The Labute approximate surface area is 178 Å². The van der Waals surface area contributed by atoms with Crippen molar-refractivity contribution in [2.24, 2.45) is 5.41 Å². The molecule has 2 rings (SSSR count). The molecule has 10 heteroatoms. The molecule has 0 radical (unpaired) electrons. The van der Waals surface area contributed by atoms with E-state index in [2.05, 4.69) is 15.5 Å². The molecule has 1 fully saturated rings. The number of thiocarbonyl (C=S) groups is 1. The third kappa shape index (κ3) is 7.30. The van der Waals surface area contributed by atoms with Gasteiger partial charge in [-0.1, -0.05) is 27.2 Å². The molecule has 1 aromatic rings. The summed E-state index contributed by atoms with van der Waals surface area (Å²) in [7, 11) is 0. The fourth-order valence-electron chi connectivity index (χ4n) is 3.29. The Kier molecular flexibility index (Phi) is 7.66. The van der Waals surface area contributed by atoms with Gasteiger partial charge >= 0.3 is 12.4 Å². The van der Waals surface area contributed by atoms with E-state index in [0.717, 1.165) is 25.9 Å². The van der Waals surface area contributed by atoms with Crippen molar-refractivity contribution < 1.29 is 26.3 Å². The van der Waals surface area contributed by atoms with Crippen LogP contribution >= 0.6 is 12.2 Å². The maximum atomic E-state index is 13.1. The third-order valence-electron chi connectivity index (χ3n) is 5.09. The van der Waals surface area contributed by atoms with E-state index in [-0.39, 0.29) is 28.3 Å². The van der Waals surface area contributed by atoms with Crippen molar-refractivity contribution >= 4 is 23.0 Å². The first-order valence-electron chi connectivity index (χ1n) is 9.75. The number of alkyl halides is 6. The predicted molar refractivity (Wildman–Crippen MR) is 109 cm³/mol. The number of hydrogen-bond donors (Lipinski definition) is 2. The van der Waals surface area contributed by atoms with Gasteiger partial charge < -0.3 is 15.5 Å². The van der Waals surface area contributed by atoms with Crippen molar-refractivity contribution in [2.75, 3.05) is 25.0 Å². The second kappa shape index (κ2) is 9.30. The number of likely N-dealkylation sites (tertiary alicyclic amines) is 1. The Morgan fingerprint density at radius 2 is 1.43 bits per heavy atom. The van der Waals surface area contributed by atoms with E-state index < -0.39 is 23.5 Å². The standard InChI is InChI=1S/C20H27F6N3S/c1-18(2,3)16(12-29-7-5-4-6-8-29)28-17(30)27-15-10-13(19(21,22)23)9-14(11-15)20(24,25)26/h9-11,16H,4-8,12H2,1-3H3,(H2,27,28,30)/t16-/m1/s1. The number of benzene rings is 1. The summed E-state index contributed by atoms with van der Waals surface area (Å²) in [5, 5.41) is 5.58. The third-order valence-corrected chi connectivity index (χ3v) is 5.31. The molecule has 1 aromatic carbocycles. The van der Waals surface area contributed by atoms with Gasteiger partial charge in [-0.2, -0.15) is 26.3 Å². The largest absolute Gasteiger partial charge is 0.416 e. The Morgan fingerprint density at radius 3 is 1.87 bits per heavy atom. The molecular weight excluding hydrogens is 428 g/mol. The van der Waals surface area contributed by atoms with Crippen LogP contribution in [-0.4, -0.2) is 35.7 Å². The van der Waals surface area contributed by atoms with Crippen molar-refractivity contribution in [1.29, 1.82) is 0 Å². The molecule has 0 aliphatic carbocycles. The predicted octanol–water partition coefficient (Wildman–Crippen LogP) is 5.91. The van der Waals surface area contributed by atoms with Gasteiger partial charge in [0.1, 0.15) is 0 Å². The number of nitrogens with one attached hydrogen (secondary N) is 2. The van der Waals surface area contributed by atoms with Crippen LogP contribution < -0.4 is 10.6 Å². The lowest BCUT2D eigenvalue weighted by Crippen LogP contribution is -2.52. The Balaban J connectivity index is 2.18. The van der Waals surface area contributed by atoms with E-state index in [1.54, 1.807) is 0 Å². The molecule has 170 valence electrons. The van der Waals surface area contributed by atoms with Gasteiger partial charge in [0.2, 0.25) is 0 Å². The van der Waals surface area contributed by atoms with Gasteiger partial charge in [-0.15, -0.1) is 0 Å². The van der Waals surface area contributed by atoms with Crippen LogP contribution in [0.4, 0.5) is 32.0 Å². The van der Waals surface area contributed by atoms with E-state index in [4.69, 9.17) is 12.2 Å². The van der Waals surface area contributed by atoms with E-state index >= 15 is 0 Å². The summed E-state index contributed by atoms with van der Waals surface area (Å²) in [6, 6.07) is 1.21. The second-order valence-corrected chi connectivity index (χ2v) is 9.08. The number of anilines is 1. The maximum absolute atomic E-state index is 13.1. The van der Waals surface area contributed by atoms with Crippen molar-refractivity contribution in [3.8, 4) is 0 Å². The Morgan fingerprint density at radius 1 is 0.933 bits per heavy atom. The molecule has 3 nitrogen and oxygen atoms in total. The molecule has 30 heavy (non-hydrogen) atoms. The molecular formula is C20H27F6N3S. The van der Waals surface area contributed by atoms with Crippen molar-refractivity contribution in [3.05, 3.63) is 29.3 Å². The number of halogens is 6. The zero-order valence-electron chi connectivity index (χ0n) is 17.2. The lowest BCUT2D eigenvalue weighted by molar-refractivity contribution is -0.143. The zero-order valence-corrected chi connectivity index (χ0v) is 18.0. The van der Waals surface area contributed by atoms with Gasteiger partial charge in [-0.05, 0) is 61.8 Å². The molecule has 1 heterocycles. The minimum atomic E-state index is -4.91. The minimum Gasteiger partial charge on any atom is -0.358 e. The first-order valence-corrected chi connectivity index (χ1v) is 10.2. The first-order chi connectivity index (χ1) is 13.7. The summed E-state index contributed by atoms with van der Waals surface area (Å²) in [6.45, 7) is 8.60. The highest BCUT2D eigenvalue weighted by molar-refractivity contribution is 7.80. The molecule has 0 bridgehead atoms. The van der Waals surface area contributed by atoms with Gasteiger partial charge in [-0.3, -0.25) is 0 Å². The quantitative estimate of drug-likeness (QED) is 0.436. The normalized spacial score (nSPS) is 17.5. The van der Waals surface area contributed by atoms with Crippen LogP contribution in [0.25, 0.3) is 0 Å². The molecule has 1 saturated heterocycles. The zero-order chi connectivity index (χ0) is 22.7. The summed E-state index contributed by atoms with van der Waals surface area (Å²) >= 11 is 5.22. The van der Waals surface area contributed by atoms with Crippen molar-refractivity contribution in [2.45, 2.75) is 58.4 Å². The van der Waals surface area contributed by atoms with Crippen LogP contribution in [0, 0.1) is 5.41 Å². The minimum absolute atomic E-state index is 0.0145. The van der Waals surface area contributed by atoms with E-state index in [9.17, 15) is 26.3 Å². The Bertz CT molecular complexity index is 701. The molecule has 1 aliphatic heterocycles. The number of piperidine rings is 1. The SMILES string of the molecule is CC(C)(C)[C@@H](CN1CCCCC1)NC(=S)Nc1cc(C(F)(F)F)cc(C(F)(F)F)c1. The monoisotopic (exact) mass is 455 g/mol. The molecule has 0 spiro atoms. The highest BCUT2D eigenvalue weighted by Gasteiger charge is 2.37. The average Bonchev–Trinajstić information content (AvgIpc) is 2.59. The Hall–Kier alpha value is -1.55. The van der Waals surface area contributed by atoms with Gasteiger partial charge in [0, 0.05) is 18.3 Å². The highest BCUT2D eigenvalue weighted by Crippen LogP contribution is 2.37. The first kappa shape index (κ1) is 24.7. The number of hydrogen-bond acceptors (Lipinski definition) is 2. The fourth-order valence-corrected chi connectivity index (χ4v) is 3.55. The summed E-state index contributed by atoms with van der Waals surface area (Å²) in [6.07, 6.45) is -6.43. The van der Waals surface area contributed by atoms with Gasteiger partial charge in [0.05, 0.1) is 11.1 Å². The van der Waals surface area contributed by atoms with E-state index in [1.807, 2.05) is 20.8 Å². The van der Waals surface area contributed by atoms with Crippen LogP contribution in [-0.2, 0) is 12.4 Å². The van der Waals surface area contributed by atoms with Crippen LogP contribution in [0.3, 0.4) is 0 Å². The van der Waals surface area contributed by atoms with E-state index in [0.29, 0.717) is 18.7 Å². The number of rotatable bonds is 4.